The molecule has 0 amide bonds. The van der Waals surface area contributed by atoms with Gasteiger partial charge in [-0.2, -0.15) is 0 Å². The molecule has 3 rings (SSSR count). The predicted octanol–water partition coefficient (Wildman–Crippen LogP) is 3.25. The fourth-order valence-corrected chi connectivity index (χ4v) is 1.87. The number of hydrogen-bond donors (Lipinski definition) is 1. The van der Waals surface area contributed by atoms with E-state index >= 15 is 0 Å². The molecular formula is C13H8F2N2. The molecule has 0 saturated carbocycles. The zero-order chi connectivity index (χ0) is 12.0. The first kappa shape index (κ1) is 9.96. The van der Waals surface area contributed by atoms with Crippen molar-refractivity contribution in [1.82, 2.24) is 4.98 Å². The lowest BCUT2D eigenvalue weighted by Gasteiger charge is -2.05. The summed E-state index contributed by atoms with van der Waals surface area (Å²) in [5, 5.41) is 1.03. The van der Waals surface area contributed by atoms with Crippen LogP contribution in [0, 0.1) is 11.6 Å². The van der Waals surface area contributed by atoms with Gasteiger partial charge in [0.1, 0.15) is 11.6 Å². The maximum absolute atomic E-state index is 13.6. The Morgan fingerprint density at radius 1 is 1.00 bits per heavy atom. The van der Waals surface area contributed by atoms with Gasteiger partial charge in [0.25, 0.3) is 0 Å². The number of nitrogens with two attached hydrogens (primary N) is 1. The molecule has 1 heterocycles. The normalized spacial score (nSPS) is 11.2. The zero-order valence-corrected chi connectivity index (χ0v) is 8.74. The molecule has 0 aliphatic rings. The van der Waals surface area contributed by atoms with Crippen molar-refractivity contribution in [3.05, 3.63) is 48.0 Å². The molecule has 2 N–H and O–H groups in total. The first-order valence-corrected chi connectivity index (χ1v) is 5.09. The molecule has 4 heteroatoms. The molecule has 84 valence electrons. The van der Waals surface area contributed by atoms with Crippen molar-refractivity contribution >= 4 is 27.5 Å². The van der Waals surface area contributed by atoms with Gasteiger partial charge in [0, 0.05) is 16.8 Å². The van der Waals surface area contributed by atoms with Crippen molar-refractivity contribution in [3.63, 3.8) is 0 Å². The Balaban J connectivity index is 2.52. The molecule has 0 saturated heterocycles. The van der Waals surface area contributed by atoms with Gasteiger partial charge in [-0.15, -0.1) is 0 Å². The number of pyridine rings is 1. The lowest BCUT2D eigenvalue weighted by atomic mass is 10.1. The smallest absolute Gasteiger partial charge is 0.132 e. The predicted molar refractivity (Wildman–Crippen MR) is 63.6 cm³/mol. The molecule has 0 fully saturated rings. The minimum absolute atomic E-state index is 0.351. The van der Waals surface area contributed by atoms with E-state index in [1.807, 2.05) is 0 Å². The topological polar surface area (TPSA) is 38.9 Å². The van der Waals surface area contributed by atoms with Crippen LogP contribution in [-0.2, 0) is 0 Å². The second-order valence-corrected chi connectivity index (χ2v) is 3.86. The largest absolute Gasteiger partial charge is 0.397 e. The summed E-state index contributed by atoms with van der Waals surface area (Å²) in [4.78, 5) is 4.19. The molecule has 0 bridgehead atoms. The number of fused-ring (bicyclic) bond motifs is 2. The third-order valence-corrected chi connectivity index (χ3v) is 2.72. The number of nitrogens with zero attached hydrogens (tertiary/aromatic N) is 1. The van der Waals surface area contributed by atoms with Crippen LogP contribution < -0.4 is 5.73 Å². The average molecular weight is 230 g/mol. The van der Waals surface area contributed by atoms with Gasteiger partial charge in [0.05, 0.1) is 16.7 Å². The molecule has 0 unspecified atom stereocenters. The van der Waals surface area contributed by atoms with E-state index in [1.54, 1.807) is 12.1 Å². The molecule has 0 atom stereocenters. The first-order chi connectivity index (χ1) is 8.15. The number of hydrogen-bond acceptors (Lipinski definition) is 2. The molecule has 1 aromatic heterocycles. The van der Waals surface area contributed by atoms with Crippen molar-refractivity contribution in [3.8, 4) is 0 Å². The van der Waals surface area contributed by atoms with Crippen LogP contribution in [0.3, 0.4) is 0 Å². The van der Waals surface area contributed by atoms with Crippen LogP contribution in [0.25, 0.3) is 21.8 Å². The number of anilines is 1. The van der Waals surface area contributed by atoms with Crippen molar-refractivity contribution < 1.29 is 8.78 Å². The summed E-state index contributed by atoms with van der Waals surface area (Å²) in [6, 6.07) is 8.58. The van der Waals surface area contributed by atoms with Gasteiger partial charge in [0.15, 0.2) is 0 Å². The number of nitrogen functional groups attached to an aromatic ring is 1. The summed E-state index contributed by atoms with van der Waals surface area (Å²) in [7, 11) is 0. The van der Waals surface area contributed by atoms with E-state index in [-0.39, 0.29) is 11.6 Å². The monoisotopic (exact) mass is 230 g/mol. The van der Waals surface area contributed by atoms with Crippen LogP contribution in [0.15, 0.2) is 36.4 Å². The van der Waals surface area contributed by atoms with Crippen molar-refractivity contribution in [2.24, 2.45) is 0 Å². The van der Waals surface area contributed by atoms with Gasteiger partial charge in [-0.3, -0.25) is 0 Å². The first-order valence-electron chi connectivity index (χ1n) is 5.09. The van der Waals surface area contributed by atoms with Crippen molar-refractivity contribution in [1.29, 1.82) is 0 Å². The standard InChI is InChI=1S/C13H8F2N2/c14-8-2-1-7-5-9-10(15)3-4-11(16)13(9)17-12(7)6-8/h1-6H,16H2. The summed E-state index contributed by atoms with van der Waals surface area (Å²) in [6.45, 7) is 0. The van der Waals surface area contributed by atoms with Crippen LogP contribution >= 0.6 is 0 Å². The molecule has 0 spiro atoms. The molecule has 17 heavy (non-hydrogen) atoms. The Bertz CT molecular complexity index is 738. The molecule has 0 radical (unpaired) electrons. The van der Waals surface area contributed by atoms with Crippen molar-refractivity contribution in [2.75, 3.05) is 5.73 Å². The third kappa shape index (κ3) is 1.49. The van der Waals surface area contributed by atoms with Gasteiger partial charge in [-0.05, 0) is 30.3 Å². The summed E-state index contributed by atoms with van der Waals surface area (Å²) >= 11 is 0. The molecule has 3 aromatic rings. The highest BCUT2D eigenvalue weighted by Gasteiger charge is 2.07. The minimum atomic E-state index is -0.382. The maximum Gasteiger partial charge on any atom is 0.132 e. The maximum atomic E-state index is 13.6. The van der Waals surface area contributed by atoms with Gasteiger partial charge < -0.3 is 5.73 Å². The molecule has 0 aliphatic heterocycles. The quantitative estimate of drug-likeness (QED) is 0.475. The van der Waals surface area contributed by atoms with Gasteiger partial charge >= 0.3 is 0 Å². The third-order valence-electron chi connectivity index (χ3n) is 2.72. The summed E-state index contributed by atoms with van der Waals surface area (Å²) in [6.07, 6.45) is 0. The SMILES string of the molecule is Nc1ccc(F)c2cc3ccc(F)cc3nc12. The van der Waals surface area contributed by atoms with Gasteiger partial charge in [-0.25, -0.2) is 13.8 Å². The summed E-state index contributed by atoms with van der Waals surface area (Å²) in [5.74, 6) is -0.757. The Morgan fingerprint density at radius 2 is 1.82 bits per heavy atom. The van der Waals surface area contributed by atoms with E-state index in [9.17, 15) is 8.78 Å². The lowest BCUT2D eigenvalue weighted by Crippen LogP contribution is -1.93. The van der Waals surface area contributed by atoms with E-state index < -0.39 is 0 Å². The zero-order valence-electron chi connectivity index (χ0n) is 8.74. The minimum Gasteiger partial charge on any atom is -0.397 e. The fourth-order valence-electron chi connectivity index (χ4n) is 1.87. The number of aromatic nitrogens is 1. The van der Waals surface area contributed by atoms with Crippen LogP contribution in [0.1, 0.15) is 0 Å². The van der Waals surface area contributed by atoms with Crippen LogP contribution in [0.5, 0.6) is 0 Å². The van der Waals surface area contributed by atoms with Crippen molar-refractivity contribution in [2.45, 2.75) is 0 Å². The highest BCUT2D eigenvalue weighted by Crippen LogP contribution is 2.26. The second-order valence-electron chi connectivity index (χ2n) is 3.86. The molecule has 2 aromatic carbocycles. The van der Waals surface area contributed by atoms with E-state index in [4.69, 9.17) is 5.73 Å². The molecule has 2 nitrogen and oxygen atoms in total. The Kier molecular flexibility index (Phi) is 1.98. The van der Waals surface area contributed by atoms with E-state index in [0.717, 1.165) is 0 Å². The Labute approximate surface area is 95.7 Å². The van der Waals surface area contributed by atoms with Crippen LogP contribution in [0.2, 0.25) is 0 Å². The number of benzene rings is 2. The summed E-state index contributed by atoms with van der Waals surface area (Å²) < 4.78 is 26.7. The van der Waals surface area contributed by atoms with E-state index in [0.29, 0.717) is 27.5 Å². The van der Waals surface area contributed by atoms with Gasteiger partial charge in [-0.1, -0.05) is 0 Å². The second kappa shape index (κ2) is 3.38. The molecular weight excluding hydrogens is 222 g/mol. The van der Waals surface area contributed by atoms with Crippen LogP contribution in [0.4, 0.5) is 14.5 Å². The fraction of sp³-hybridized carbons (Fsp3) is 0. The summed E-state index contributed by atoms with van der Waals surface area (Å²) in [5.41, 5.74) is 6.94. The Morgan fingerprint density at radius 3 is 2.65 bits per heavy atom. The van der Waals surface area contributed by atoms with E-state index in [2.05, 4.69) is 4.98 Å². The Hall–Kier alpha value is -2.23. The van der Waals surface area contributed by atoms with Gasteiger partial charge in [0.2, 0.25) is 0 Å². The number of halogens is 2. The highest BCUT2D eigenvalue weighted by molar-refractivity contribution is 5.98. The molecule has 0 aliphatic carbocycles. The van der Waals surface area contributed by atoms with E-state index in [1.165, 1.54) is 24.3 Å². The highest BCUT2D eigenvalue weighted by atomic mass is 19.1. The van der Waals surface area contributed by atoms with Crippen LogP contribution in [-0.4, -0.2) is 4.98 Å². The lowest BCUT2D eigenvalue weighted by molar-refractivity contribution is 0.629. The average Bonchev–Trinajstić information content (AvgIpc) is 2.32. The number of rotatable bonds is 0.